The minimum absolute atomic E-state index is 0.385. The van der Waals surface area contributed by atoms with Gasteiger partial charge in [0, 0.05) is 6.08 Å². The summed E-state index contributed by atoms with van der Waals surface area (Å²) in [5, 5.41) is 9.07. The van der Waals surface area contributed by atoms with Gasteiger partial charge in [0.1, 0.15) is 5.82 Å². The number of aryl methyl sites for hydroxylation is 2. The van der Waals surface area contributed by atoms with Gasteiger partial charge in [-0.05, 0) is 48.2 Å². The zero-order valence-corrected chi connectivity index (χ0v) is 11.4. The van der Waals surface area contributed by atoms with Crippen molar-refractivity contribution in [3.8, 4) is 0 Å². The monoisotopic (exact) mass is 270 g/mol. The molecule has 0 spiro atoms. The largest absolute Gasteiger partial charge is 0.478 e. The molecule has 0 aliphatic carbocycles. The minimum Gasteiger partial charge on any atom is -0.478 e. The Bertz CT molecular complexity index is 687. The van der Waals surface area contributed by atoms with Crippen molar-refractivity contribution in [3.05, 3.63) is 76.6 Å². The maximum atomic E-state index is 13.4. The van der Waals surface area contributed by atoms with E-state index >= 15 is 0 Å². The van der Waals surface area contributed by atoms with Gasteiger partial charge in [-0.3, -0.25) is 0 Å². The van der Waals surface area contributed by atoms with Gasteiger partial charge in [-0.15, -0.1) is 0 Å². The van der Waals surface area contributed by atoms with Crippen molar-refractivity contribution in [1.29, 1.82) is 0 Å². The number of hydrogen-bond donors (Lipinski definition) is 1. The van der Waals surface area contributed by atoms with Crippen LogP contribution in [0.4, 0.5) is 4.39 Å². The number of halogens is 1. The van der Waals surface area contributed by atoms with Crippen LogP contribution in [0.1, 0.15) is 22.3 Å². The normalized spacial score (nSPS) is 11.4. The molecule has 0 aliphatic heterocycles. The molecule has 0 radical (unpaired) electrons. The van der Waals surface area contributed by atoms with Crippen LogP contribution in [0.5, 0.6) is 0 Å². The molecule has 0 heterocycles. The highest BCUT2D eigenvalue weighted by Crippen LogP contribution is 2.27. The molecule has 20 heavy (non-hydrogen) atoms. The minimum atomic E-state index is -1.05. The molecular formula is C17H15FO2. The van der Waals surface area contributed by atoms with E-state index in [0.29, 0.717) is 11.1 Å². The highest BCUT2D eigenvalue weighted by molar-refractivity contribution is 5.95. The summed E-state index contributed by atoms with van der Waals surface area (Å²) >= 11 is 0. The van der Waals surface area contributed by atoms with Crippen molar-refractivity contribution in [2.24, 2.45) is 0 Å². The topological polar surface area (TPSA) is 37.3 Å². The second-order valence-corrected chi connectivity index (χ2v) is 4.72. The Labute approximate surface area is 117 Å². The summed E-state index contributed by atoms with van der Waals surface area (Å²) in [4.78, 5) is 11.1. The molecule has 0 fully saturated rings. The Hall–Kier alpha value is -2.42. The fourth-order valence-corrected chi connectivity index (χ4v) is 2.12. The number of carbonyl (C=O) groups is 1. The number of carboxylic acid groups (broad SMARTS) is 1. The van der Waals surface area contributed by atoms with Gasteiger partial charge in [-0.25, -0.2) is 9.18 Å². The lowest BCUT2D eigenvalue weighted by atomic mass is 9.92. The number of rotatable bonds is 3. The quantitative estimate of drug-likeness (QED) is 0.857. The molecule has 0 bridgehead atoms. The van der Waals surface area contributed by atoms with Crippen molar-refractivity contribution in [3.63, 3.8) is 0 Å². The molecule has 102 valence electrons. The van der Waals surface area contributed by atoms with Crippen LogP contribution in [-0.2, 0) is 4.79 Å². The van der Waals surface area contributed by atoms with E-state index in [0.717, 1.165) is 22.8 Å². The van der Waals surface area contributed by atoms with E-state index in [1.165, 1.54) is 12.1 Å². The van der Waals surface area contributed by atoms with E-state index in [9.17, 15) is 9.18 Å². The molecule has 2 nitrogen and oxygen atoms in total. The van der Waals surface area contributed by atoms with E-state index in [1.807, 2.05) is 32.0 Å². The van der Waals surface area contributed by atoms with Gasteiger partial charge < -0.3 is 5.11 Å². The maximum Gasteiger partial charge on any atom is 0.328 e. The SMILES string of the molecule is Cc1ccc(C)c(/C(=C/C(=O)O)c2cccc(F)c2)c1. The average Bonchev–Trinajstić information content (AvgIpc) is 2.39. The first kappa shape index (κ1) is 14.0. The van der Waals surface area contributed by atoms with Crippen molar-refractivity contribution in [2.75, 3.05) is 0 Å². The van der Waals surface area contributed by atoms with Crippen LogP contribution in [0.2, 0.25) is 0 Å². The standard InChI is InChI=1S/C17H15FO2/c1-11-6-7-12(2)15(8-11)16(10-17(19)20)13-4-3-5-14(18)9-13/h3-10H,1-2H3,(H,19,20)/b16-10+. The smallest absolute Gasteiger partial charge is 0.328 e. The summed E-state index contributed by atoms with van der Waals surface area (Å²) in [5.74, 6) is -1.44. The van der Waals surface area contributed by atoms with Crippen LogP contribution < -0.4 is 0 Å². The first-order valence-corrected chi connectivity index (χ1v) is 6.25. The molecule has 0 atom stereocenters. The summed E-state index contributed by atoms with van der Waals surface area (Å²) in [6.45, 7) is 3.84. The van der Waals surface area contributed by atoms with E-state index in [2.05, 4.69) is 0 Å². The average molecular weight is 270 g/mol. The Balaban J connectivity index is 2.65. The Morgan fingerprint density at radius 2 is 1.90 bits per heavy atom. The lowest BCUT2D eigenvalue weighted by Crippen LogP contribution is -1.98. The molecule has 2 aromatic rings. The van der Waals surface area contributed by atoms with Gasteiger partial charge in [0.25, 0.3) is 0 Å². The zero-order chi connectivity index (χ0) is 14.7. The second kappa shape index (κ2) is 5.70. The first-order valence-electron chi connectivity index (χ1n) is 6.25. The van der Waals surface area contributed by atoms with Crippen LogP contribution in [0.3, 0.4) is 0 Å². The van der Waals surface area contributed by atoms with Crippen LogP contribution in [0, 0.1) is 19.7 Å². The van der Waals surface area contributed by atoms with Crippen molar-refractivity contribution < 1.29 is 14.3 Å². The van der Waals surface area contributed by atoms with E-state index in [1.54, 1.807) is 12.1 Å². The predicted octanol–water partition coefficient (Wildman–Crippen LogP) is 3.96. The van der Waals surface area contributed by atoms with Crippen LogP contribution in [0.15, 0.2) is 48.5 Å². The number of benzene rings is 2. The number of aliphatic carboxylic acids is 1. The van der Waals surface area contributed by atoms with Crippen molar-refractivity contribution in [2.45, 2.75) is 13.8 Å². The Kier molecular flexibility index (Phi) is 3.99. The molecule has 3 heteroatoms. The van der Waals surface area contributed by atoms with Gasteiger partial charge >= 0.3 is 5.97 Å². The second-order valence-electron chi connectivity index (χ2n) is 4.72. The Morgan fingerprint density at radius 1 is 1.15 bits per heavy atom. The molecule has 2 rings (SSSR count). The molecular weight excluding hydrogens is 255 g/mol. The van der Waals surface area contributed by atoms with Gasteiger partial charge in [0.2, 0.25) is 0 Å². The third-order valence-electron chi connectivity index (χ3n) is 3.09. The number of carboxylic acids is 1. The molecule has 0 unspecified atom stereocenters. The summed E-state index contributed by atoms with van der Waals surface area (Å²) in [5.41, 5.74) is 3.85. The first-order chi connectivity index (χ1) is 9.47. The Morgan fingerprint density at radius 3 is 2.55 bits per heavy atom. The molecule has 2 aromatic carbocycles. The third-order valence-corrected chi connectivity index (χ3v) is 3.09. The van der Waals surface area contributed by atoms with Crippen LogP contribution >= 0.6 is 0 Å². The lowest BCUT2D eigenvalue weighted by Gasteiger charge is -2.12. The molecule has 0 aromatic heterocycles. The van der Waals surface area contributed by atoms with Crippen molar-refractivity contribution >= 4 is 11.5 Å². The fourth-order valence-electron chi connectivity index (χ4n) is 2.12. The van der Waals surface area contributed by atoms with Gasteiger partial charge in [-0.2, -0.15) is 0 Å². The highest BCUT2D eigenvalue weighted by atomic mass is 19.1. The summed E-state index contributed by atoms with van der Waals surface area (Å²) in [6.07, 6.45) is 1.12. The molecule has 0 saturated heterocycles. The third kappa shape index (κ3) is 3.12. The number of hydrogen-bond acceptors (Lipinski definition) is 1. The molecule has 0 aliphatic rings. The summed E-state index contributed by atoms with van der Waals surface area (Å²) in [7, 11) is 0. The van der Waals surface area contributed by atoms with Gasteiger partial charge in [0.15, 0.2) is 0 Å². The zero-order valence-electron chi connectivity index (χ0n) is 11.4. The van der Waals surface area contributed by atoms with Gasteiger partial charge in [-0.1, -0.05) is 35.9 Å². The van der Waals surface area contributed by atoms with Gasteiger partial charge in [0.05, 0.1) is 0 Å². The fraction of sp³-hybridized carbons (Fsp3) is 0.118. The highest BCUT2D eigenvalue weighted by Gasteiger charge is 2.11. The predicted molar refractivity (Wildman–Crippen MR) is 77.0 cm³/mol. The maximum absolute atomic E-state index is 13.4. The summed E-state index contributed by atoms with van der Waals surface area (Å²) in [6, 6.07) is 11.8. The molecule has 0 amide bonds. The molecule has 1 N–H and O–H groups in total. The van der Waals surface area contributed by atoms with E-state index < -0.39 is 5.97 Å². The summed E-state index contributed by atoms with van der Waals surface area (Å²) < 4.78 is 13.4. The van der Waals surface area contributed by atoms with Crippen LogP contribution in [0.25, 0.3) is 5.57 Å². The molecule has 0 saturated carbocycles. The van der Waals surface area contributed by atoms with E-state index in [4.69, 9.17) is 5.11 Å². The van der Waals surface area contributed by atoms with Crippen LogP contribution in [-0.4, -0.2) is 11.1 Å². The van der Waals surface area contributed by atoms with Crippen molar-refractivity contribution in [1.82, 2.24) is 0 Å². The van der Waals surface area contributed by atoms with E-state index in [-0.39, 0.29) is 5.82 Å². The lowest BCUT2D eigenvalue weighted by molar-refractivity contribution is -0.131.